The zero-order valence-corrected chi connectivity index (χ0v) is 12.2. The first kappa shape index (κ1) is 14.2. The predicted molar refractivity (Wildman–Crippen MR) is 82.1 cm³/mol. The van der Waals surface area contributed by atoms with Crippen LogP contribution in [0, 0.1) is 0 Å². The normalized spacial score (nSPS) is 10.6. The number of nitrogens with zero attached hydrogens (tertiary/aromatic N) is 1. The van der Waals surface area contributed by atoms with Crippen LogP contribution < -0.4 is 5.32 Å². The molecule has 1 aromatic heterocycles. The number of benzene rings is 1. The smallest absolute Gasteiger partial charge is 0.252 e. The summed E-state index contributed by atoms with van der Waals surface area (Å²) in [7, 11) is 0. The Morgan fingerprint density at radius 3 is 3.00 bits per heavy atom. The zero-order valence-electron chi connectivity index (χ0n) is 10.6. The summed E-state index contributed by atoms with van der Waals surface area (Å²) in [6.07, 6.45) is 3.02. The van der Waals surface area contributed by atoms with Gasteiger partial charge in [-0.15, -0.1) is 0 Å². The number of thioether (sulfide) groups is 1. The number of halogens is 1. The molecule has 0 spiro atoms. The average Bonchev–Trinajstić information content (AvgIpc) is 2.42. The number of pyridine rings is 1. The molecule has 0 aliphatic rings. The van der Waals surface area contributed by atoms with Crippen LogP contribution in [0.4, 0.5) is 0 Å². The Hall–Kier alpha value is -1.26. The van der Waals surface area contributed by atoms with Gasteiger partial charge in [0.2, 0.25) is 0 Å². The Labute approximate surface area is 121 Å². The quantitative estimate of drug-likeness (QED) is 0.679. The van der Waals surface area contributed by atoms with Gasteiger partial charge in [-0.3, -0.25) is 4.79 Å². The molecule has 0 unspecified atom stereocenters. The molecule has 0 saturated carbocycles. The lowest BCUT2D eigenvalue weighted by atomic mass is 10.1. The van der Waals surface area contributed by atoms with Crippen molar-refractivity contribution in [2.24, 2.45) is 0 Å². The lowest BCUT2D eigenvalue weighted by molar-refractivity contribution is 0.0955. The number of amides is 1. The van der Waals surface area contributed by atoms with Crippen molar-refractivity contribution in [2.45, 2.75) is 6.42 Å². The highest BCUT2D eigenvalue weighted by molar-refractivity contribution is 7.98. The fourth-order valence-corrected chi connectivity index (χ4v) is 2.48. The lowest BCUT2D eigenvalue weighted by Gasteiger charge is -2.08. The van der Waals surface area contributed by atoms with E-state index in [2.05, 4.69) is 16.6 Å². The highest BCUT2D eigenvalue weighted by Crippen LogP contribution is 2.20. The van der Waals surface area contributed by atoms with Gasteiger partial charge in [-0.25, -0.2) is 4.98 Å². The molecule has 1 N–H and O–H groups in total. The van der Waals surface area contributed by atoms with Crippen LogP contribution in [0.3, 0.4) is 0 Å². The number of fused-ring (bicyclic) bond motifs is 1. The van der Waals surface area contributed by atoms with E-state index >= 15 is 0 Å². The molecule has 0 radical (unpaired) electrons. The van der Waals surface area contributed by atoms with E-state index in [1.54, 1.807) is 17.8 Å². The van der Waals surface area contributed by atoms with Crippen LogP contribution in [0.1, 0.15) is 16.8 Å². The van der Waals surface area contributed by atoms with Crippen molar-refractivity contribution in [3.05, 3.63) is 41.0 Å². The molecule has 1 aromatic carbocycles. The number of hydrogen-bond acceptors (Lipinski definition) is 3. The molecule has 2 rings (SSSR count). The number of aromatic nitrogens is 1. The Kier molecular flexibility index (Phi) is 5.05. The van der Waals surface area contributed by atoms with Gasteiger partial charge in [-0.05, 0) is 30.6 Å². The molecule has 0 saturated heterocycles. The SMILES string of the molecule is CSCCCNC(=O)c1cc(Cl)nc2ccccc12. The highest BCUT2D eigenvalue weighted by atomic mass is 35.5. The minimum Gasteiger partial charge on any atom is -0.352 e. The maximum absolute atomic E-state index is 12.2. The first-order valence-electron chi connectivity index (χ1n) is 6.05. The zero-order chi connectivity index (χ0) is 13.7. The largest absolute Gasteiger partial charge is 0.352 e. The second-order valence-electron chi connectivity index (χ2n) is 4.11. The standard InChI is InChI=1S/C14H15ClN2OS/c1-19-8-4-7-16-14(18)11-9-13(15)17-12-6-3-2-5-10(11)12/h2-3,5-6,9H,4,7-8H2,1H3,(H,16,18). The van der Waals surface area contributed by atoms with Crippen LogP contribution in [0.15, 0.2) is 30.3 Å². The van der Waals surface area contributed by atoms with Gasteiger partial charge in [0.1, 0.15) is 5.15 Å². The summed E-state index contributed by atoms with van der Waals surface area (Å²) in [5, 5.41) is 4.08. The Balaban J connectivity index is 2.21. The van der Waals surface area contributed by atoms with E-state index in [1.807, 2.05) is 24.3 Å². The Bertz CT molecular complexity index is 589. The Morgan fingerprint density at radius 2 is 2.21 bits per heavy atom. The second kappa shape index (κ2) is 6.78. The summed E-state index contributed by atoms with van der Waals surface area (Å²) in [6, 6.07) is 9.13. The van der Waals surface area contributed by atoms with Crippen molar-refractivity contribution in [1.82, 2.24) is 10.3 Å². The van der Waals surface area contributed by atoms with E-state index in [-0.39, 0.29) is 5.91 Å². The molecule has 0 atom stereocenters. The van der Waals surface area contributed by atoms with E-state index in [1.165, 1.54) is 0 Å². The van der Waals surface area contributed by atoms with Gasteiger partial charge in [0, 0.05) is 11.9 Å². The molecule has 3 nitrogen and oxygen atoms in total. The molecule has 0 fully saturated rings. The minimum absolute atomic E-state index is 0.0957. The molecule has 100 valence electrons. The van der Waals surface area contributed by atoms with Crippen molar-refractivity contribution in [1.29, 1.82) is 0 Å². The van der Waals surface area contributed by atoms with Gasteiger partial charge in [0.05, 0.1) is 11.1 Å². The number of carbonyl (C=O) groups is 1. The first-order chi connectivity index (χ1) is 9.22. The predicted octanol–water partition coefficient (Wildman–Crippen LogP) is 3.37. The van der Waals surface area contributed by atoms with E-state index in [4.69, 9.17) is 11.6 Å². The summed E-state index contributed by atoms with van der Waals surface area (Å²) < 4.78 is 0. The molecule has 0 aliphatic carbocycles. The monoisotopic (exact) mass is 294 g/mol. The summed E-state index contributed by atoms with van der Waals surface area (Å²) >= 11 is 7.73. The minimum atomic E-state index is -0.0957. The van der Waals surface area contributed by atoms with E-state index in [0.717, 1.165) is 23.1 Å². The second-order valence-corrected chi connectivity index (χ2v) is 5.48. The number of hydrogen-bond donors (Lipinski definition) is 1. The first-order valence-corrected chi connectivity index (χ1v) is 7.82. The molecule has 1 amide bonds. The molecule has 19 heavy (non-hydrogen) atoms. The van der Waals surface area contributed by atoms with Crippen LogP contribution in [0.25, 0.3) is 10.9 Å². The Morgan fingerprint density at radius 1 is 1.42 bits per heavy atom. The van der Waals surface area contributed by atoms with Crippen LogP contribution in [-0.4, -0.2) is 29.4 Å². The summed E-state index contributed by atoms with van der Waals surface area (Å²) in [4.78, 5) is 16.4. The third kappa shape index (κ3) is 3.61. The summed E-state index contributed by atoms with van der Waals surface area (Å²) in [5.41, 5.74) is 1.32. The summed E-state index contributed by atoms with van der Waals surface area (Å²) in [5.74, 6) is 0.944. The van der Waals surface area contributed by atoms with Crippen LogP contribution in [0.5, 0.6) is 0 Å². The van der Waals surface area contributed by atoms with Gasteiger partial charge in [0.15, 0.2) is 0 Å². The van der Waals surface area contributed by atoms with Crippen molar-refractivity contribution in [3.63, 3.8) is 0 Å². The fourth-order valence-electron chi connectivity index (χ4n) is 1.84. The van der Waals surface area contributed by atoms with Gasteiger partial charge < -0.3 is 5.32 Å². The summed E-state index contributed by atoms with van der Waals surface area (Å²) in [6.45, 7) is 0.675. The van der Waals surface area contributed by atoms with Crippen molar-refractivity contribution in [3.8, 4) is 0 Å². The maximum Gasteiger partial charge on any atom is 0.252 e. The van der Waals surface area contributed by atoms with Gasteiger partial charge in [-0.1, -0.05) is 29.8 Å². The molecule has 0 aliphatic heterocycles. The highest BCUT2D eigenvalue weighted by Gasteiger charge is 2.11. The number of carbonyl (C=O) groups excluding carboxylic acids is 1. The van der Waals surface area contributed by atoms with Crippen molar-refractivity contribution < 1.29 is 4.79 Å². The molecule has 2 aromatic rings. The van der Waals surface area contributed by atoms with Gasteiger partial charge >= 0.3 is 0 Å². The van der Waals surface area contributed by atoms with Gasteiger partial charge in [0.25, 0.3) is 5.91 Å². The number of para-hydroxylation sites is 1. The molecule has 5 heteroatoms. The lowest BCUT2D eigenvalue weighted by Crippen LogP contribution is -2.25. The van der Waals surface area contributed by atoms with Crippen molar-refractivity contribution >= 4 is 40.2 Å². The fraction of sp³-hybridized carbons (Fsp3) is 0.286. The van der Waals surface area contributed by atoms with Crippen LogP contribution >= 0.6 is 23.4 Å². The van der Waals surface area contributed by atoms with Crippen LogP contribution in [-0.2, 0) is 0 Å². The van der Waals surface area contributed by atoms with E-state index < -0.39 is 0 Å². The third-order valence-electron chi connectivity index (χ3n) is 2.74. The maximum atomic E-state index is 12.2. The molecule has 1 heterocycles. The van der Waals surface area contributed by atoms with E-state index in [9.17, 15) is 4.79 Å². The number of nitrogens with one attached hydrogen (secondary N) is 1. The molecular formula is C14H15ClN2OS. The molecule has 0 bridgehead atoms. The number of rotatable bonds is 5. The van der Waals surface area contributed by atoms with E-state index in [0.29, 0.717) is 17.3 Å². The topological polar surface area (TPSA) is 42.0 Å². The van der Waals surface area contributed by atoms with Crippen molar-refractivity contribution in [2.75, 3.05) is 18.6 Å². The third-order valence-corrected chi connectivity index (χ3v) is 3.63. The van der Waals surface area contributed by atoms with Gasteiger partial charge in [-0.2, -0.15) is 11.8 Å². The molecular weight excluding hydrogens is 280 g/mol. The average molecular weight is 295 g/mol. The van der Waals surface area contributed by atoms with Crippen LogP contribution in [0.2, 0.25) is 5.15 Å².